The number of fused-ring (bicyclic) bond motifs is 1. The minimum absolute atomic E-state index is 0.00182. The van der Waals surface area contributed by atoms with Gasteiger partial charge in [-0.2, -0.15) is 13.2 Å². The number of hydrogen-bond acceptors (Lipinski definition) is 11. The molecule has 63 heavy (non-hydrogen) atoms. The van der Waals surface area contributed by atoms with Crippen LogP contribution >= 0.6 is 0 Å². The van der Waals surface area contributed by atoms with Gasteiger partial charge in [0.25, 0.3) is 17.7 Å². The van der Waals surface area contributed by atoms with E-state index in [1.807, 2.05) is 12.1 Å². The number of nitrogens with zero attached hydrogens (tertiary/aromatic N) is 4. The van der Waals surface area contributed by atoms with Gasteiger partial charge in [0.15, 0.2) is 0 Å². The Balaban J connectivity index is 0.859. The lowest BCUT2D eigenvalue weighted by Crippen LogP contribution is -2.54. The quantitative estimate of drug-likeness (QED) is 0.0950. The van der Waals surface area contributed by atoms with Crippen LogP contribution in [0.2, 0.25) is 0 Å². The number of carbonyl (C=O) groups excluding carboxylic acids is 5. The molecule has 0 aliphatic carbocycles. The number of nitrogens with one attached hydrogen (secondary N) is 4. The highest BCUT2D eigenvalue weighted by Crippen LogP contribution is 2.40. The minimum Gasteiger partial charge on any atom is -0.494 e. The third-order valence-corrected chi connectivity index (χ3v) is 12.4. The summed E-state index contributed by atoms with van der Waals surface area (Å²) in [4.78, 5) is 72.6. The summed E-state index contributed by atoms with van der Waals surface area (Å²) in [7, 11) is 2.95. The minimum atomic E-state index is -4.72. The summed E-state index contributed by atoms with van der Waals surface area (Å²) in [5, 5.41) is 10.5. The van der Waals surface area contributed by atoms with Crippen LogP contribution in [0.4, 0.5) is 46.1 Å². The number of piperidine rings is 3. The third kappa shape index (κ3) is 8.89. The second-order valence-electron chi connectivity index (χ2n) is 16.2. The van der Waals surface area contributed by atoms with Gasteiger partial charge in [0, 0.05) is 57.1 Å². The topological polar surface area (TPSA) is 165 Å². The van der Waals surface area contributed by atoms with Crippen LogP contribution in [0.25, 0.3) is 0 Å². The van der Waals surface area contributed by atoms with E-state index in [4.69, 9.17) is 4.74 Å². The lowest BCUT2D eigenvalue weighted by molar-refractivity contribution is -0.137. The molecule has 330 valence electrons. The van der Waals surface area contributed by atoms with Gasteiger partial charge in [-0.3, -0.25) is 34.2 Å². The number of carbonyl (C=O) groups is 5. The van der Waals surface area contributed by atoms with Gasteiger partial charge in [-0.05, 0) is 99.0 Å². The standard InChI is InChI=1S/C45H46F4N8O6/c1-50-41(59)28-5-3-4-6-34(28)52-36-22-39(51-23-32(36)45(47,48)49)53-35-8-7-27(19-38(35)63-2)56-17-11-25(12-18-56)24-55-15-13-26(14-16-55)29-20-30-31(21-33(29)46)44(62)57(43(30)61)37-9-10-40(58)54-42(37)60/h3-8,19-23,25-26,37H,9-18,24H2,1-2H3,(H,50,59)(H2,51,52,53)(H,54,58,60). The molecule has 5 heterocycles. The fourth-order valence-corrected chi connectivity index (χ4v) is 9.03. The lowest BCUT2D eigenvalue weighted by Gasteiger charge is -2.38. The third-order valence-electron chi connectivity index (χ3n) is 12.4. The average Bonchev–Trinajstić information content (AvgIpc) is 3.50. The number of anilines is 5. The predicted octanol–water partition coefficient (Wildman–Crippen LogP) is 6.59. The molecule has 18 heteroatoms. The maximum atomic E-state index is 15.5. The summed E-state index contributed by atoms with van der Waals surface area (Å²) in [6.07, 6.45) is -0.709. The number of hydrogen-bond donors (Lipinski definition) is 4. The predicted molar refractivity (Wildman–Crippen MR) is 225 cm³/mol. The molecular weight excluding hydrogens is 825 g/mol. The number of alkyl halides is 3. The summed E-state index contributed by atoms with van der Waals surface area (Å²) in [6, 6.07) is 14.6. The van der Waals surface area contributed by atoms with Gasteiger partial charge in [0.05, 0.1) is 46.4 Å². The Bertz CT molecular complexity index is 2470. The molecule has 14 nitrogen and oxygen atoms in total. The number of rotatable bonds is 11. The molecule has 1 atom stereocenters. The normalized spacial score (nSPS) is 18.9. The lowest BCUT2D eigenvalue weighted by atomic mass is 9.86. The van der Waals surface area contributed by atoms with E-state index in [0.29, 0.717) is 35.8 Å². The van der Waals surface area contributed by atoms with Gasteiger partial charge >= 0.3 is 6.18 Å². The zero-order chi connectivity index (χ0) is 44.6. The Morgan fingerprint density at radius 2 is 1.57 bits per heavy atom. The molecule has 3 aromatic carbocycles. The molecule has 0 saturated carbocycles. The molecule has 0 bridgehead atoms. The van der Waals surface area contributed by atoms with Crippen molar-refractivity contribution in [1.82, 2.24) is 25.4 Å². The van der Waals surface area contributed by atoms with Crippen LogP contribution in [0.1, 0.15) is 86.6 Å². The SMILES string of the molecule is CNC(=O)c1ccccc1Nc1cc(Nc2ccc(N3CCC(CN4CCC(c5cc6c(cc5F)C(=O)N(C5CCC(=O)NC5=O)C6=O)CC4)CC3)cc2OC)ncc1C(F)(F)F. The van der Waals surface area contributed by atoms with Gasteiger partial charge in [-0.15, -0.1) is 0 Å². The number of aromatic nitrogens is 1. The monoisotopic (exact) mass is 870 g/mol. The zero-order valence-corrected chi connectivity index (χ0v) is 34.6. The molecule has 1 aromatic heterocycles. The van der Waals surface area contributed by atoms with E-state index in [-0.39, 0.29) is 52.6 Å². The summed E-state index contributed by atoms with van der Waals surface area (Å²) >= 11 is 0. The van der Waals surface area contributed by atoms with E-state index in [1.54, 1.807) is 18.2 Å². The number of para-hydroxylation sites is 1. The molecule has 8 rings (SSSR count). The van der Waals surface area contributed by atoms with E-state index in [2.05, 4.69) is 36.1 Å². The summed E-state index contributed by atoms with van der Waals surface area (Å²) in [5.74, 6) is -2.66. The number of methoxy groups -OCH3 is 1. The Hall–Kier alpha value is -6.56. The van der Waals surface area contributed by atoms with Crippen LogP contribution in [-0.2, 0) is 15.8 Å². The molecule has 4 aliphatic heterocycles. The molecule has 0 radical (unpaired) electrons. The van der Waals surface area contributed by atoms with Crippen LogP contribution < -0.4 is 30.9 Å². The van der Waals surface area contributed by atoms with E-state index in [0.717, 1.165) is 68.4 Å². The van der Waals surface area contributed by atoms with Crippen molar-refractivity contribution >= 4 is 58.1 Å². The largest absolute Gasteiger partial charge is 0.494 e. The van der Waals surface area contributed by atoms with Crippen molar-refractivity contribution in [3.63, 3.8) is 0 Å². The molecule has 5 amide bonds. The fraction of sp³-hybridized carbons (Fsp3) is 0.378. The number of amides is 5. The van der Waals surface area contributed by atoms with E-state index in [9.17, 15) is 37.1 Å². The smallest absolute Gasteiger partial charge is 0.419 e. The molecule has 4 aromatic rings. The maximum absolute atomic E-state index is 15.5. The Kier molecular flexibility index (Phi) is 12.1. The van der Waals surface area contributed by atoms with Crippen molar-refractivity contribution in [2.45, 2.75) is 56.7 Å². The number of halogens is 4. The summed E-state index contributed by atoms with van der Waals surface area (Å²) < 4.78 is 63.4. The summed E-state index contributed by atoms with van der Waals surface area (Å²) in [5.41, 5.74) is 0.925. The van der Waals surface area contributed by atoms with E-state index >= 15 is 4.39 Å². The highest BCUT2D eigenvalue weighted by molar-refractivity contribution is 6.23. The van der Waals surface area contributed by atoms with Crippen molar-refractivity contribution in [2.24, 2.45) is 5.92 Å². The number of imide groups is 2. The highest BCUT2D eigenvalue weighted by atomic mass is 19.4. The first-order chi connectivity index (χ1) is 30.2. The van der Waals surface area contributed by atoms with Crippen LogP contribution in [0, 0.1) is 11.7 Å². The number of benzene rings is 3. The van der Waals surface area contributed by atoms with Crippen molar-refractivity contribution in [3.8, 4) is 5.75 Å². The van der Waals surface area contributed by atoms with Crippen molar-refractivity contribution in [2.75, 3.05) is 62.4 Å². The maximum Gasteiger partial charge on any atom is 0.419 e. The van der Waals surface area contributed by atoms with Crippen LogP contribution in [0.5, 0.6) is 5.75 Å². The van der Waals surface area contributed by atoms with Gasteiger partial charge in [0.1, 0.15) is 23.4 Å². The van der Waals surface area contributed by atoms with Crippen molar-refractivity contribution < 1.29 is 46.3 Å². The number of likely N-dealkylation sites (tertiary alicyclic amines) is 1. The van der Waals surface area contributed by atoms with Gasteiger partial charge in [0.2, 0.25) is 11.8 Å². The Morgan fingerprint density at radius 3 is 2.25 bits per heavy atom. The first-order valence-electron chi connectivity index (χ1n) is 20.8. The van der Waals surface area contributed by atoms with Gasteiger partial charge in [-0.25, -0.2) is 9.37 Å². The number of ether oxygens (including phenoxy) is 1. The number of pyridine rings is 1. The molecule has 3 fully saturated rings. The van der Waals surface area contributed by atoms with Crippen LogP contribution in [0.3, 0.4) is 0 Å². The first-order valence-corrected chi connectivity index (χ1v) is 20.8. The Labute approximate surface area is 360 Å². The second-order valence-corrected chi connectivity index (χ2v) is 16.2. The molecule has 4 N–H and O–H groups in total. The van der Waals surface area contributed by atoms with Crippen LogP contribution in [0.15, 0.2) is 66.9 Å². The fourth-order valence-electron chi connectivity index (χ4n) is 9.03. The van der Waals surface area contributed by atoms with E-state index in [1.165, 1.54) is 38.4 Å². The molecule has 0 spiro atoms. The summed E-state index contributed by atoms with van der Waals surface area (Å²) in [6.45, 7) is 3.98. The van der Waals surface area contributed by atoms with Gasteiger partial charge < -0.3 is 30.5 Å². The Morgan fingerprint density at radius 1 is 0.857 bits per heavy atom. The van der Waals surface area contributed by atoms with E-state index < -0.39 is 53.1 Å². The van der Waals surface area contributed by atoms with Gasteiger partial charge in [-0.1, -0.05) is 12.1 Å². The van der Waals surface area contributed by atoms with Crippen LogP contribution in [-0.4, -0.2) is 97.2 Å². The highest BCUT2D eigenvalue weighted by Gasteiger charge is 2.45. The average molecular weight is 871 g/mol. The second kappa shape index (κ2) is 17.7. The zero-order valence-electron chi connectivity index (χ0n) is 34.6. The molecule has 3 saturated heterocycles. The van der Waals surface area contributed by atoms with Crippen molar-refractivity contribution in [3.05, 3.63) is 100 Å². The van der Waals surface area contributed by atoms with Crippen molar-refractivity contribution in [1.29, 1.82) is 0 Å². The molecule has 1 unspecified atom stereocenters. The molecular formula is C45H46F4N8O6. The molecule has 4 aliphatic rings. The first kappa shape index (κ1) is 43.1.